The van der Waals surface area contributed by atoms with E-state index in [1.165, 1.54) is 0 Å². The fourth-order valence-corrected chi connectivity index (χ4v) is 3.00. The zero-order valence-corrected chi connectivity index (χ0v) is 13.9. The van der Waals surface area contributed by atoms with Crippen LogP contribution in [-0.4, -0.2) is 27.7 Å². The molecule has 0 radical (unpaired) electrons. The number of nitrogens with one attached hydrogen (secondary N) is 2. The Labute approximate surface area is 143 Å². The van der Waals surface area contributed by atoms with E-state index < -0.39 is 0 Å². The second kappa shape index (κ2) is 7.74. The lowest BCUT2D eigenvalue weighted by molar-refractivity contribution is -0.121. The molecule has 6 nitrogen and oxygen atoms in total. The number of carbonyl (C=O) groups excluding carboxylic acids is 2. The quantitative estimate of drug-likeness (QED) is 0.647. The van der Waals surface area contributed by atoms with Gasteiger partial charge in [0, 0.05) is 36.3 Å². The van der Waals surface area contributed by atoms with Crippen molar-refractivity contribution < 1.29 is 9.59 Å². The zero-order chi connectivity index (χ0) is 16.8. The van der Waals surface area contributed by atoms with E-state index in [1.54, 1.807) is 23.5 Å². The fourth-order valence-electron chi connectivity index (χ4n) is 2.28. The van der Waals surface area contributed by atoms with E-state index in [2.05, 4.69) is 15.6 Å². The molecule has 124 valence electrons. The summed E-state index contributed by atoms with van der Waals surface area (Å²) in [6.45, 7) is 0.894. The van der Waals surface area contributed by atoms with Crippen molar-refractivity contribution in [2.75, 3.05) is 6.54 Å². The summed E-state index contributed by atoms with van der Waals surface area (Å²) in [6.07, 6.45) is 4.82. The summed E-state index contributed by atoms with van der Waals surface area (Å²) >= 11 is 1.56. The van der Waals surface area contributed by atoms with Crippen LogP contribution in [0.1, 0.15) is 28.9 Å². The number of thiazole rings is 1. The predicted octanol–water partition coefficient (Wildman–Crippen LogP) is 2.22. The molecular formula is C17H18N4O2S. The summed E-state index contributed by atoms with van der Waals surface area (Å²) in [6, 6.07) is 9.03. The summed E-state index contributed by atoms with van der Waals surface area (Å²) < 4.78 is 1.94. The van der Waals surface area contributed by atoms with Gasteiger partial charge >= 0.3 is 0 Å². The van der Waals surface area contributed by atoms with Crippen LogP contribution in [-0.2, 0) is 11.3 Å². The largest absolute Gasteiger partial charge is 0.352 e. The molecule has 0 aliphatic heterocycles. The number of aromatic nitrogens is 2. The smallest absolute Gasteiger partial charge is 0.251 e. The normalized spacial score (nSPS) is 10.7. The average Bonchev–Trinajstić information content (AvgIpc) is 3.19. The molecule has 2 aromatic heterocycles. The predicted molar refractivity (Wildman–Crippen MR) is 92.9 cm³/mol. The SMILES string of the molecule is O=C(CCCNC(=O)c1ccccc1)NCc1cn2ccsc2n1. The second-order valence-electron chi connectivity index (χ2n) is 5.33. The molecule has 0 aliphatic rings. The van der Waals surface area contributed by atoms with E-state index in [4.69, 9.17) is 0 Å². The van der Waals surface area contributed by atoms with Crippen LogP contribution in [0.4, 0.5) is 0 Å². The van der Waals surface area contributed by atoms with Gasteiger partial charge in [-0.1, -0.05) is 18.2 Å². The van der Waals surface area contributed by atoms with Crippen LogP contribution in [0, 0.1) is 0 Å². The Kier molecular flexibility index (Phi) is 5.22. The molecule has 0 unspecified atom stereocenters. The average molecular weight is 342 g/mol. The van der Waals surface area contributed by atoms with E-state index in [1.807, 2.05) is 40.4 Å². The van der Waals surface area contributed by atoms with Crippen molar-refractivity contribution in [1.82, 2.24) is 20.0 Å². The fraction of sp³-hybridized carbons (Fsp3) is 0.235. The highest BCUT2D eigenvalue weighted by Crippen LogP contribution is 2.11. The highest BCUT2D eigenvalue weighted by molar-refractivity contribution is 7.15. The number of rotatable bonds is 7. The minimum atomic E-state index is -0.117. The number of fused-ring (bicyclic) bond motifs is 1. The lowest BCUT2D eigenvalue weighted by atomic mass is 10.2. The maximum Gasteiger partial charge on any atom is 0.251 e. The van der Waals surface area contributed by atoms with Crippen LogP contribution in [0.15, 0.2) is 48.1 Å². The number of hydrogen-bond acceptors (Lipinski definition) is 4. The Bertz CT molecular complexity index is 797. The number of hydrogen-bond donors (Lipinski definition) is 2. The summed E-state index contributed by atoms with van der Waals surface area (Å²) in [7, 11) is 0. The van der Waals surface area contributed by atoms with E-state index in [9.17, 15) is 9.59 Å². The van der Waals surface area contributed by atoms with Crippen molar-refractivity contribution >= 4 is 28.1 Å². The van der Waals surface area contributed by atoms with E-state index in [0.717, 1.165) is 10.7 Å². The number of imidazole rings is 1. The number of amides is 2. The number of nitrogens with zero attached hydrogens (tertiary/aromatic N) is 2. The van der Waals surface area contributed by atoms with E-state index >= 15 is 0 Å². The molecule has 0 aliphatic carbocycles. The first-order valence-corrected chi connectivity index (χ1v) is 8.61. The van der Waals surface area contributed by atoms with Crippen molar-refractivity contribution in [3.05, 3.63) is 59.4 Å². The molecule has 0 saturated heterocycles. The van der Waals surface area contributed by atoms with Gasteiger partial charge in [0.25, 0.3) is 5.91 Å². The molecule has 0 atom stereocenters. The third-order valence-electron chi connectivity index (χ3n) is 3.51. The molecule has 1 aromatic carbocycles. The zero-order valence-electron chi connectivity index (χ0n) is 13.1. The van der Waals surface area contributed by atoms with Crippen LogP contribution < -0.4 is 10.6 Å². The first-order valence-electron chi connectivity index (χ1n) is 7.73. The lowest BCUT2D eigenvalue weighted by Gasteiger charge is -2.06. The molecular weight excluding hydrogens is 324 g/mol. The monoisotopic (exact) mass is 342 g/mol. The molecule has 7 heteroatoms. The van der Waals surface area contributed by atoms with E-state index in [-0.39, 0.29) is 11.8 Å². The molecule has 2 N–H and O–H groups in total. The Morgan fingerprint density at radius 2 is 2.00 bits per heavy atom. The van der Waals surface area contributed by atoms with Crippen LogP contribution in [0.3, 0.4) is 0 Å². The Balaban J connectivity index is 1.34. The van der Waals surface area contributed by atoms with Gasteiger partial charge < -0.3 is 10.6 Å². The number of benzene rings is 1. The standard InChI is InChI=1S/C17H18N4O2S/c22-15(19-11-14-12-21-9-10-24-17(21)20-14)7-4-8-18-16(23)13-5-2-1-3-6-13/h1-3,5-6,9-10,12H,4,7-8,11H2,(H,18,23)(H,19,22). The van der Waals surface area contributed by atoms with Gasteiger partial charge in [-0.05, 0) is 18.6 Å². The molecule has 3 aromatic rings. The lowest BCUT2D eigenvalue weighted by Crippen LogP contribution is -2.27. The van der Waals surface area contributed by atoms with Gasteiger partial charge in [0.05, 0.1) is 12.2 Å². The van der Waals surface area contributed by atoms with Crippen LogP contribution >= 0.6 is 11.3 Å². The van der Waals surface area contributed by atoms with Crippen molar-refractivity contribution in [2.24, 2.45) is 0 Å². The van der Waals surface area contributed by atoms with Crippen molar-refractivity contribution in [2.45, 2.75) is 19.4 Å². The molecule has 0 bridgehead atoms. The van der Waals surface area contributed by atoms with Gasteiger partial charge in [0.1, 0.15) is 0 Å². The minimum Gasteiger partial charge on any atom is -0.352 e. The van der Waals surface area contributed by atoms with Crippen LogP contribution in [0.2, 0.25) is 0 Å². The van der Waals surface area contributed by atoms with Crippen molar-refractivity contribution in [1.29, 1.82) is 0 Å². The van der Waals surface area contributed by atoms with Gasteiger partial charge in [-0.25, -0.2) is 4.98 Å². The maximum absolute atomic E-state index is 11.8. The first-order chi connectivity index (χ1) is 11.7. The Morgan fingerprint density at radius 1 is 1.17 bits per heavy atom. The molecule has 0 fully saturated rings. The van der Waals surface area contributed by atoms with Gasteiger partial charge in [-0.3, -0.25) is 14.0 Å². The molecule has 0 saturated carbocycles. The van der Waals surface area contributed by atoms with Crippen molar-refractivity contribution in [3.63, 3.8) is 0 Å². The van der Waals surface area contributed by atoms with Crippen LogP contribution in [0.25, 0.3) is 4.96 Å². The highest BCUT2D eigenvalue weighted by atomic mass is 32.1. The van der Waals surface area contributed by atoms with Gasteiger partial charge in [-0.2, -0.15) is 0 Å². The summed E-state index contributed by atoms with van der Waals surface area (Å²) in [5.74, 6) is -0.158. The summed E-state index contributed by atoms with van der Waals surface area (Å²) in [4.78, 5) is 29.0. The van der Waals surface area contributed by atoms with E-state index in [0.29, 0.717) is 31.5 Å². The van der Waals surface area contributed by atoms with Gasteiger partial charge in [-0.15, -0.1) is 11.3 Å². The Morgan fingerprint density at radius 3 is 2.79 bits per heavy atom. The number of carbonyl (C=O) groups is 2. The topological polar surface area (TPSA) is 75.5 Å². The minimum absolute atomic E-state index is 0.0414. The molecule has 24 heavy (non-hydrogen) atoms. The summed E-state index contributed by atoms with van der Waals surface area (Å²) in [5.41, 5.74) is 1.47. The van der Waals surface area contributed by atoms with Gasteiger partial charge in [0.2, 0.25) is 5.91 Å². The maximum atomic E-state index is 11.8. The third kappa shape index (κ3) is 4.20. The third-order valence-corrected chi connectivity index (χ3v) is 4.28. The Hall–Kier alpha value is -2.67. The van der Waals surface area contributed by atoms with Gasteiger partial charge in [0.15, 0.2) is 4.96 Å². The first kappa shape index (κ1) is 16.2. The molecule has 2 amide bonds. The summed E-state index contributed by atoms with van der Waals surface area (Å²) in [5, 5.41) is 7.62. The van der Waals surface area contributed by atoms with Crippen LogP contribution in [0.5, 0.6) is 0 Å². The highest BCUT2D eigenvalue weighted by Gasteiger charge is 2.07. The second-order valence-corrected chi connectivity index (χ2v) is 6.20. The van der Waals surface area contributed by atoms with Crippen molar-refractivity contribution in [3.8, 4) is 0 Å². The molecule has 0 spiro atoms. The molecule has 2 heterocycles. The molecule has 3 rings (SSSR count).